The molecular formula is C26H19Cl3N2O6S. The zero-order valence-electron chi connectivity index (χ0n) is 19.9. The highest BCUT2D eigenvalue weighted by atomic mass is 35.5. The van der Waals surface area contributed by atoms with Crippen molar-refractivity contribution in [3.63, 3.8) is 0 Å². The molecule has 0 radical (unpaired) electrons. The van der Waals surface area contributed by atoms with Crippen molar-refractivity contribution >= 4 is 58.6 Å². The van der Waals surface area contributed by atoms with Crippen molar-refractivity contribution in [3.05, 3.63) is 85.7 Å². The number of ether oxygens (including phenoxy) is 3. The molecule has 0 bridgehead atoms. The predicted molar refractivity (Wildman–Crippen MR) is 147 cm³/mol. The highest BCUT2D eigenvalue weighted by Gasteiger charge is 2.19. The fourth-order valence-electron chi connectivity index (χ4n) is 3.27. The number of carboxylic acid groups (broad SMARTS) is 1. The van der Waals surface area contributed by atoms with Crippen LogP contribution in [0.5, 0.6) is 17.2 Å². The van der Waals surface area contributed by atoms with Gasteiger partial charge in [-0.25, -0.2) is 4.79 Å². The molecule has 0 atom stereocenters. The Balaban J connectivity index is 1.53. The second-order valence-electron chi connectivity index (χ2n) is 7.57. The molecule has 196 valence electrons. The molecule has 0 aliphatic heterocycles. The van der Waals surface area contributed by atoms with Crippen molar-refractivity contribution in [1.29, 1.82) is 0 Å². The van der Waals surface area contributed by atoms with Gasteiger partial charge in [-0.05, 0) is 65.9 Å². The quantitative estimate of drug-likeness (QED) is 0.148. The molecule has 0 amide bonds. The molecular weight excluding hydrogens is 575 g/mol. The van der Waals surface area contributed by atoms with Crippen LogP contribution in [0.2, 0.25) is 15.1 Å². The number of aliphatic carboxylic acids is 1. The van der Waals surface area contributed by atoms with E-state index in [1.165, 1.54) is 20.3 Å². The van der Waals surface area contributed by atoms with Gasteiger partial charge < -0.3 is 23.7 Å². The molecule has 1 N–H and O–H groups in total. The molecule has 1 heterocycles. The third-order valence-corrected chi connectivity index (χ3v) is 6.76. The number of methoxy groups -OCH3 is 2. The number of hydrogen-bond acceptors (Lipinski definition) is 8. The smallest absolute Gasteiger partial charge is 0.342 e. The third-order valence-electron chi connectivity index (χ3n) is 5.09. The summed E-state index contributed by atoms with van der Waals surface area (Å²) < 4.78 is 22.3. The number of carbonyl (C=O) groups is 1. The molecule has 0 aliphatic rings. The maximum absolute atomic E-state index is 12.0. The number of thioether (sulfide) groups is 1. The first-order valence-electron chi connectivity index (χ1n) is 10.8. The summed E-state index contributed by atoms with van der Waals surface area (Å²) in [6.07, 6.45) is 1.46. The maximum Gasteiger partial charge on any atom is 0.342 e. The van der Waals surface area contributed by atoms with Gasteiger partial charge in [0.15, 0.2) is 11.5 Å². The molecule has 0 unspecified atom stereocenters. The Kier molecular flexibility index (Phi) is 9.06. The second-order valence-corrected chi connectivity index (χ2v) is 9.84. The van der Waals surface area contributed by atoms with E-state index in [0.717, 1.165) is 17.3 Å². The van der Waals surface area contributed by atoms with Crippen molar-refractivity contribution in [2.75, 3.05) is 14.2 Å². The maximum atomic E-state index is 12.0. The Morgan fingerprint density at radius 1 is 0.947 bits per heavy atom. The van der Waals surface area contributed by atoms with E-state index in [9.17, 15) is 9.90 Å². The van der Waals surface area contributed by atoms with Gasteiger partial charge in [-0.2, -0.15) is 0 Å². The SMILES string of the molecule is COc1cc(/C=C(\Sc2nnc(-c3cc(Cl)ccc3OC)o2)C(=O)O)ccc1OCc1ccc(Cl)cc1Cl. The van der Waals surface area contributed by atoms with Crippen LogP contribution in [0.15, 0.2) is 69.1 Å². The van der Waals surface area contributed by atoms with E-state index in [1.54, 1.807) is 54.6 Å². The molecule has 0 saturated carbocycles. The van der Waals surface area contributed by atoms with Gasteiger partial charge in [-0.3, -0.25) is 0 Å². The number of aromatic nitrogens is 2. The van der Waals surface area contributed by atoms with Crippen LogP contribution in [0, 0.1) is 0 Å². The van der Waals surface area contributed by atoms with E-state index >= 15 is 0 Å². The van der Waals surface area contributed by atoms with Crippen LogP contribution >= 0.6 is 46.6 Å². The van der Waals surface area contributed by atoms with Crippen LogP contribution in [0.3, 0.4) is 0 Å². The number of halogens is 3. The summed E-state index contributed by atoms with van der Waals surface area (Å²) in [6, 6.07) is 15.1. The van der Waals surface area contributed by atoms with E-state index in [1.807, 2.05) is 0 Å². The lowest BCUT2D eigenvalue weighted by molar-refractivity contribution is -0.131. The molecule has 1 aromatic heterocycles. The van der Waals surface area contributed by atoms with Crippen molar-refractivity contribution < 1.29 is 28.5 Å². The number of carboxylic acids is 1. The van der Waals surface area contributed by atoms with E-state index in [4.69, 9.17) is 53.4 Å². The fraction of sp³-hybridized carbons (Fsp3) is 0.115. The van der Waals surface area contributed by atoms with E-state index in [0.29, 0.717) is 43.4 Å². The summed E-state index contributed by atoms with van der Waals surface area (Å²) in [5.41, 5.74) is 1.79. The normalized spacial score (nSPS) is 11.3. The van der Waals surface area contributed by atoms with Crippen molar-refractivity contribution in [3.8, 4) is 28.7 Å². The van der Waals surface area contributed by atoms with Crippen molar-refractivity contribution in [2.24, 2.45) is 0 Å². The minimum atomic E-state index is -1.17. The Labute approximate surface area is 237 Å². The summed E-state index contributed by atoms with van der Waals surface area (Å²) >= 11 is 19.0. The summed E-state index contributed by atoms with van der Waals surface area (Å²) in [6.45, 7) is 0.189. The Morgan fingerprint density at radius 3 is 2.37 bits per heavy atom. The van der Waals surface area contributed by atoms with Gasteiger partial charge >= 0.3 is 5.97 Å². The Morgan fingerprint density at radius 2 is 1.66 bits per heavy atom. The third kappa shape index (κ3) is 6.73. The van der Waals surface area contributed by atoms with Crippen LogP contribution in [-0.2, 0) is 11.4 Å². The zero-order valence-corrected chi connectivity index (χ0v) is 23.0. The van der Waals surface area contributed by atoms with Crippen LogP contribution < -0.4 is 14.2 Å². The Bertz CT molecular complexity index is 1510. The van der Waals surface area contributed by atoms with Crippen molar-refractivity contribution in [2.45, 2.75) is 11.8 Å². The lowest BCUT2D eigenvalue weighted by atomic mass is 10.2. The predicted octanol–water partition coefficient (Wildman–Crippen LogP) is 7.51. The highest BCUT2D eigenvalue weighted by Crippen LogP contribution is 2.36. The van der Waals surface area contributed by atoms with Crippen LogP contribution in [0.1, 0.15) is 11.1 Å². The van der Waals surface area contributed by atoms with Crippen LogP contribution in [-0.4, -0.2) is 35.5 Å². The first-order valence-corrected chi connectivity index (χ1v) is 12.8. The number of rotatable bonds is 10. The molecule has 0 fully saturated rings. The number of nitrogens with zero attached hydrogens (tertiary/aromatic N) is 2. The molecule has 8 nitrogen and oxygen atoms in total. The summed E-state index contributed by atoms with van der Waals surface area (Å²) in [4.78, 5) is 11.9. The first kappa shape index (κ1) is 27.7. The summed E-state index contributed by atoms with van der Waals surface area (Å²) in [5, 5.41) is 19.2. The van der Waals surface area contributed by atoms with Gasteiger partial charge in [-0.1, -0.05) is 46.9 Å². The second kappa shape index (κ2) is 12.4. The molecule has 4 aromatic rings. The van der Waals surface area contributed by atoms with Crippen LogP contribution in [0.25, 0.3) is 17.5 Å². The summed E-state index contributed by atoms with van der Waals surface area (Å²) in [7, 11) is 2.99. The summed E-state index contributed by atoms with van der Waals surface area (Å²) in [5.74, 6) is 0.313. The van der Waals surface area contributed by atoms with Gasteiger partial charge in [0, 0.05) is 20.6 Å². The van der Waals surface area contributed by atoms with E-state index in [-0.39, 0.29) is 22.6 Å². The highest BCUT2D eigenvalue weighted by molar-refractivity contribution is 8.03. The lowest BCUT2D eigenvalue weighted by Crippen LogP contribution is -1.99. The van der Waals surface area contributed by atoms with Gasteiger partial charge in [0.25, 0.3) is 11.1 Å². The van der Waals surface area contributed by atoms with Gasteiger partial charge in [0.1, 0.15) is 17.3 Å². The molecule has 0 saturated heterocycles. The monoisotopic (exact) mass is 592 g/mol. The van der Waals surface area contributed by atoms with Crippen molar-refractivity contribution in [1.82, 2.24) is 10.2 Å². The standard InChI is InChI=1S/C26H19Cl3N2O6S/c1-34-20-8-6-16(27)11-18(20)24-30-31-26(37-24)38-23(25(32)33)10-14-3-7-21(22(9-14)35-2)36-13-15-4-5-17(28)12-19(15)29/h3-12H,13H2,1-2H3,(H,32,33)/b23-10-. The number of benzene rings is 3. The number of hydrogen-bond donors (Lipinski definition) is 1. The van der Waals surface area contributed by atoms with Crippen LogP contribution in [0.4, 0.5) is 0 Å². The van der Waals surface area contributed by atoms with Gasteiger partial charge in [0.05, 0.1) is 19.8 Å². The molecule has 4 rings (SSSR count). The lowest BCUT2D eigenvalue weighted by Gasteiger charge is -2.12. The molecule has 38 heavy (non-hydrogen) atoms. The minimum Gasteiger partial charge on any atom is -0.496 e. The Hall–Kier alpha value is -3.37. The topological polar surface area (TPSA) is 104 Å². The van der Waals surface area contributed by atoms with Gasteiger partial charge in [0.2, 0.25) is 0 Å². The fourth-order valence-corrected chi connectivity index (χ4v) is 4.58. The molecule has 0 aliphatic carbocycles. The minimum absolute atomic E-state index is 0.0300. The first-order chi connectivity index (χ1) is 18.3. The average Bonchev–Trinajstić information content (AvgIpc) is 3.36. The largest absolute Gasteiger partial charge is 0.496 e. The van der Waals surface area contributed by atoms with E-state index < -0.39 is 5.97 Å². The zero-order chi connectivity index (χ0) is 27.2. The molecule has 12 heteroatoms. The molecule has 0 spiro atoms. The molecule has 3 aromatic carbocycles. The average molecular weight is 594 g/mol. The van der Waals surface area contributed by atoms with E-state index in [2.05, 4.69) is 10.2 Å². The van der Waals surface area contributed by atoms with Gasteiger partial charge in [-0.15, -0.1) is 10.2 Å².